The molecule has 0 radical (unpaired) electrons. The summed E-state index contributed by atoms with van der Waals surface area (Å²) in [5.41, 5.74) is 1.74. The standard InChI is InChI=1S/C22H19F2N5O2/c23-14-2-1-3-15(24)20(14)16-10-17(21-18(28-16)12-26-22(21)30)27-13-4-5-19(25-11-13)29-6-8-31-9-7-29/h1-5,10-11H,6-9,12H2,(H,26,30)(H,27,28). The number of benzene rings is 1. The smallest absolute Gasteiger partial charge is 0.255 e. The van der Waals surface area contributed by atoms with Gasteiger partial charge in [0.05, 0.1) is 59.8 Å². The highest BCUT2D eigenvalue weighted by atomic mass is 19.1. The van der Waals surface area contributed by atoms with Crippen LogP contribution < -0.4 is 15.5 Å². The summed E-state index contributed by atoms with van der Waals surface area (Å²) in [6.07, 6.45) is 1.66. The van der Waals surface area contributed by atoms with Crippen molar-refractivity contribution in [2.45, 2.75) is 6.54 Å². The van der Waals surface area contributed by atoms with Gasteiger partial charge in [-0.3, -0.25) is 4.79 Å². The number of aromatic nitrogens is 2. The fourth-order valence-electron chi connectivity index (χ4n) is 3.80. The predicted octanol–water partition coefficient (Wildman–Crippen LogP) is 3.25. The van der Waals surface area contributed by atoms with E-state index in [0.29, 0.717) is 35.8 Å². The van der Waals surface area contributed by atoms with E-state index >= 15 is 0 Å². The van der Waals surface area contributed by atoms with Crippen molar-refractivity contribution >= 4 is 23.1 Å². The molecule has 1 amide bonds. The summed E-state index contributed by atoms with van der Waals surface area (Å²) in [6, 6.07) is 8.87. The van der Waals surface area contributed by atoms with Crippen molar-refractivity contribution in [3.63, 3.8) is 0 Å². The van der Waals surface area contributed by atoms with Crippen LogP contribution in [0.5, 0.6) is 0 Å². The lowest BCUT2D eigenvalue weighted by atomic mass is 10.1. The summed E-state index contributed by atoms with van der Waals surface area (Å²) < 4.78 is 34.0. The van der Waals surface area contributed by atoms with Gasteiger partial charge < -0.3 is 20.3 Å². The van der Waals surface area contributed by atoms with Gasteiger partial charge in [0.25, 0.3) is 5.91 Å². The number of hydrogen-bond donors (Lipinski definition) is 2. The molecular formula is C22H19F2N5O2. The van der Waals surface area contributed by atoms with E-state index in [1.807, 2.05) is 12.1 Å². The number of carbonyl (C=O) groups is 1. The number of anilines is 3. The molecule has 0 bridgehead atoms. The topological polar surface area (TPSA) is 79.4 Å². The van der Waals surface area contributed by atoms with Crippen LogP contribution in [-0.2, 0) is 11.3 Å². The van der Waals surface area contributed by atoms with Crippen LogP contribution in [0, 0.1) is 11.6 Å². The number of nitrogens with zero attached hydrogens (tertiary/aromatic N) is 3. The number of amides is 1. The lowest BCUT2D eigenvalue weighted by Gasteiger charge is -2.27. The van der Waals surface area contributed by atoms with E-state index < -0.39 is 11.6 Å². The second kappa shape index (κ2) is 7.92. The number of pyridine rings is 2. The van der Waals surface area contributed by atoms with Crippen LogP contribution in [0.3, 0.4) is 0 Å². The molecule has 2 N–H and O–H groups in total. The van der Waals surface area contributed by atoms with Gasteiger partial charge in [-0.15, -0.1) is 0 Å². The average Bonchev–Trinajstić information content (AvgIpc) is 3.16. The summed E-state index contributed by atoms with van der Waals surface area (Å²) in [5, 5.41) is 5.87. The zero-order valence-corrected chi connectivity index (χ0v) is 16.5. The highest BCUT2D eigenvalue weighted by Gasteiger charge is 2.27. The third-order valence-corrected chi connectivity index (χ3v) is 5.32. The largest absolute Gasteiger partial charge is 0.378 e. The van der Waals surface area contributed by atoms with Crippen LogP contribution >= 0.6 is 0 Å². The first kappa shape index (κ1) is 19.4. The maximum atomic E-state index is 14.3. The Morgan fingerprint density at radius 1 is 1.06 bits per heavy atom. The first-order valence-electron chi connectivity index (χ1n) is 9.92. The van der Waals surface area contributed by atoms with E-state index in [2.05, 4.69) is 25.5 Å². The SMILES string of the molecule is O=C1NCc2nc(-c3c(F)cccc3F)cc(Nc3ccc(N4CCOCC4)nc3)c21. The van der Waals surface area contributed by atoms with E-state index in [1.165, 1.54) is 24.3 Å². The van der Waals surface area contributed by atoms with E-state index in [4.69, 9.17) is 4.74 Å². The second-order valence-electron chi connectivity index (χ2n) is 7.29. The Bertz CT molecular complexity index is 1130. The summed E-state index contributed by atoms with van der Waals surface area (Å²) in [4.78, 5) is 23.3. The summed E-state index contributed by atoms with van der Waals surface area (Å²) >= 11 is 0. The molecule has 1 fully saturated rings. The van der Waals surface area contributed by atoms with Crippen molar-refractivity contribution in [2.24, 2.45) is 0 Å². The molecule has 5 rings (SSSR count). The number of ether oxygens (including phenoxy) is 1. The fraction of sp³-hybridized carbons (Fsp3) is 0.227. The number of rotatable bonds is 4. The molecule has 2 aliphatic rings. The fourth-order valence-corrected chi connectivity index (χ4v) is 3.80. The minimum absolute atomic E-state index is 0.117. The number of morpholine rings is 1. The third kappa shape index (κ3) is 3.68. The first-order valence-corrected chi connectivity index (χ1v) is 9.92. The van der Waals surface area contributed by atoms with Gasteiger partial charge >= 0.3 is 0 Å². The summed E-state index contributed by atoms with van der Waals surface area (Å²) in [5.74, 6) is -0.886. The molecule has 1 aromatic carbocycles. The molecule has 2 aliphatic heterocycles. The molecule has 0 unspecified atom stereocenters. The van der Waals surface area contributed by atoms with Crippen molar-refractivity contribution in [3.05, 3.63) is 65.5 Å². The number of halogens is 2. The van der Waals surface area contributed by atoms with Crippen molar-refractivity contribution < 1.29 is 18.3 Å². The van der Waals surface area contributed by atoms with Crippen molar-refractivity contribution in [1.82, 2.24) is 15.3 Å². The first-order chi connectivity index (χ1) is 15.1. The van der Waals surface area contributed by atoms with Crippen LogP contribution in [0.15, 0.2) is 42.6 Å². The van der Waals surface area contributed by atoms with Gasteiger partial charge in [0.2, 0.25) is 0 Å². The van der Waals surface area contributed by atoms with Crippen LogP contribution in [0.4, 0.5) is 26.0 Å². The molecule has 0 saturated carbocycles. The number of hydrogen-bond acceptors (Lipinski definition) is 6. The second-order valence-corrected chi connectivity index (χ2v) is 7.29. The Morgan fingerprint density at radius 3 is 2.55 bits per heavy atom. The molecule has 0 aliphatic carbocycles. The quantitative estimate of drug-likeness (QED) is 0.671. The summed E-state index contributed by atoms with van der Waals surface area (Å²) in [6.45, 7) is 3.07. The highest BCUT2D eigenvalue weighted by Crippen LogP contribution is 2.33. The van der Waals surface area contributed by atoms with Gasteiger partial charge in [-0.2, -0.15) is 0 Å². The molecular weight excluding hydrogens is 404 g/mol. The molecule has 0 atom stereocenters. The van der Waals surface area contributed by atoms with Crippen LogP contribution in [0.1, 0.15) is 16.1 Å². The zero-order chi connectivity index (χ0) is 21.4. The lowest BCUT2D eigenvalue weighted by Crippen LogP contribution is -2.36. The minimum atomic E-state index is -0.716. The molecule has 4 heterocycles. The molecule has 158 valence electrons. The van der Waals surface area contributed by atoms with Gasteiger partial charge in [-0.05, 0) is 30.3 Å². The van der Waals surface area contributed by atoms with Crippen molar-refractivity contribution in [2.75, 3.05) is 36.5 Å². The highest BCUT2D eigenvalue weighted by molar-refractivity contribution is 6.04. The molecule has 31 heavy (non-hydrogen) atoms. The number of nitrogens with one attached hydrogen (secondary N) is 2. The molecule has 1 saturated heterocycles. The Kier molecular flexibility index (Phi) is 4.95. The number of carbonyl (C=O) groups excluding carboxylic acids is 1. The van der Waals surface area contributed by atoms with Crippen molar-refractivity contribution in [3.8, 4) is 11.3 Å². The van der Waals surface area contributed by atoms with Crippen LogP contribution in [0.2, 0.25) is 0 Å². The molecule has 0 spiro atoms. The third-order valence-electron chi connectivity index (χ3n) is 5.32. The zero-order valence-electron chi connectivity index (χ0n) is 16.5. The van der Waals surface area contributed by atoms with Gasteiger partial charge in [-0.25, -0.2) is 18.7 Å². The predicted molar refractivity (Wildman–Crippen MR) is 111 cm³/mol. The maximum absolute atomic E-state index is 14.3. The van der Waals surface area contributed by atoms with E-state index in [9.17, 15) is 13.6 Å². The number of fused-ring (bicyclic) bond motifs is 1. The van der Waals surface area contributed by atoms with E-state index in [1.54, 1.807) is 6.20 Å². The maximum Gasteiger partial charge on any atom is 0.255 e. The van der Waals surface area contributed by atoms with Gasteiger partial charge in [0.15, 0.2) is 0 Å². The van der Waals surface area contributed by atoms with Gasteiger partial charge in [0.1, 0.15) is 17.5 Å². The molecule has 7 nitrogen and oxygen atoms in total. The van der Waals surface area contributed by atoms with Crippen molar-refractivity contribution in [1.29, 1.82) is 0 Å². The Hall–Kier alpha value is -3.59. The van der Waals surface area contributed by atoms with E-state index in [0.717, 1.165) is 18.9 Å². The van der Waals surface area contributed by atoms with Crippen LogP contribution in [0.25, 0.3) is 11.3 Å². The monoisotopic (exact) mass is 423 g/mol. The molecule has 3 aromatic rings. The molecule has 2 aromatic heterocycles. The van der Waals surface area contributed by atoms with Gasteiger partial charge in [-0.1, -0.05) is 6.07 Å². The Balaban J connectivity index is 1.50. The Labute approximate surface area is 177 Å². The molecule has 9 heteroatoms. The normalized spacial score (nSPS) is 15.5. The summed E-state index contributed by atoms with van der Waals surface area (Å²) in [7, 11) is 0. The van der Waals surface area contributed by atoms with Crippen LogP contribution in [-0.4, -0.2) is 42.2 Å². The average molecular weight is 423 g/mol. The minimum Gasteiger partial charge on any atom is -0.378 e. The van der Waals surface area contributed by atoms with E-state index in [-0.39, 0.29) is 23.7 Å². The lowest BCUT2D eigenvalue weighted by molar-refractivity contribution is 0.0966. The Morgan fingerprint density at radius 2 is 1.84 bits per heavy atom. The van der Waals surface area contributed by atoms with Gasteiger partial charge in [0, 0.05) is 13.1 Å².